The number of hydrogen-bond donors (Lipinski definition) is 1. The molecule has 3 rings (SSSR count). The number of hydrogen-bond acceptors (Lipinski definition) is 4. The van der Waals surface area contributed by atoms with Gasteiger partial charge in [-0.3, -0.25) is 9.69 Å². The van der Waals surface area contributed by atoms with Crippen molar-refractivity contribution in [2.45, 2.75) is 52.1 Å². The van der Waals surface area contributed by atoms with Gasteiger partial charge in [0.05, 0.1) is 18.6 Å². The number of carbonyl (C=O) groups is 2. The average molecular weight is 367 g/mol. The minimum Gasteiger partial charge on any atom is -0.378 e. The van der Waals surface area contributed by atoms with Gasteiger partial charge >= 0.3 is 6.03 Å². The first-order chi connectivity index (χ1) is 12.5. The first kappa shape index (κ1) is 19.4. The zero-order chi connectivity index (χ0) is 18.7. The van der Waals surface area contributed by atoms with Crippen molar-refractivity contribution in [1.29, 1.82) is 0 Å². The highest BCUT2D eigenvalue weighted by Gasteiger charge is 2.54. The maximum absolute atomic E-state index is 13.5. The molecule has 3 aliphatic rings. The molecule has 0 aromatic heterocycles. The highest BCUT2D eigenvalue weighted by Crippen LogP contribution is 2.45. The normalized spacial score (nSPS) is 30.2. The molecule has 0 aromatic carbocycles. The van der Waals surface area contributed by atoms with Gasteiger partial charge in [-0.2, -0.15) is 0 Å². The minimum atomic E-state index is -0.347. The molecule has 0 unspecified atom stereocenters. The van der Waals surface area contributed by atoms with Crippen LogP contribution < -0.4 is 5.32 Å². The van der Waals surface area contributed by atoms with Crippen LogP contribution in [0.25, 0.3) is 0 Å². The van der Waals surface area contributed by atoms with E-state index in [0.29, 0.717) is 32.8 Å². The fourth-order valence-corrected chi connectivity index (χ4v) is 4.85. The zero-order valence-corrected chi connectivity index (χ0v) is 16.5. The fraction of sp³-hybridized carbons (Fsp3) is 0.895. The highest BCUT2D eigenvalue weighted by molar-refractivity contribution is 5.84. The number of urea groups is 1. The summed E-state index contributed by atoms with van der Waals surface area (Å²) in [4.78, 5) is 32.4. The maximum atomic E-state index is 13.5. The van der Waals surface area contributed by atoms with Gasteiger partial charge < -0.3 is 19.9 Å². The second-order valence-corrected chi connectivity index (χ2v) is 8.09. The number of amides is 3. The molecule has 3 amide bonds. The maximum Gasteiger partial charge on any atom is 0.317 e. The summed E-state index contributed by atoms with van der Waals surface area (Å²) in [7, 11) is 0. The van der Waals surface area contributed by atoms with Gasteiger partial charge in [-0.25, -0.2) is 4.79 Å². The van der Waals surface area contributed by atoms with E-state index in [0.717, 1.165) is 38.9 Å². The lowest BCUT2D eigenvalue weighted by Gasteiger charge is -2.40. The topological polar surface area (TPSA) is 65.1 Å². The van der Waals surface area contributed by atoms with E-state index in [1.807, 2.05) is 23.6 Å². The lowest BCUT2D eigenvalue weighted by atomic mass is 9.75. The van der Waals surface area contributed by atoms with Gasteiger partial charge in [-0.1, -0.05) is 6.92 Å². The van der Waals surface area contributed by atoms with E-state index in [-0.39, 0.29) is 29.4 Å². The summed E-state index contributed by atoms with van der Waals surface area (Å²) in [5.41, 5.74) is -0.347. The van der Waals surface area contributed by atoms with E-state index in [9.17, 15) is 9.59 Å². The van der Waals surface area contributed by atoms with Gasteiger partial charge in [0, 0.05) is 38.3 Å². The molecule has 148 valence electrons. The number of likely N-dealkylation sites (tertiary alicyclic amines) is 2. The Bertz CT molecular complexity index is 521. The molecule has 0 saturated carbocycles. The number of carbonyl (C=O) groups excluding carboxylic acids is 2. The molecule has 3 fully saturated rings. The van der Waals surface area contributed by atoms with E-state index < -0.39 is 0 Å². The molecule has 3 heterocycles. The van der Waals surface area contributed by atoms with E-state index in [2.05, 4.69) is 17.1 Å². The van der Waals surface area contributed by atoms with Gasteiger partial charge in [0.2, 0.25) is 5.91 Å². The molecule has 2 atom stereocenters. The van der Waals surface area contributed by atoms with Gasteiger partial charge in [-0.05, 0) is 46.2 Å². The summed E-state index contributed by atoms with van der Waals surface area (Å²) in [6, 6.07) is 0.359. The van der Waals surface area contributed by atoms with Crippen LogP contribution in [0.5, 0.6) is 0 Å². The molecular weight excluding hydrogens is 332 g/mol. The van der Waals surface area contributed by atoms with Crippen LogP contribution in [0, 0.1) is 5.41 Å². The van der Waals surface area contributed by atoms with Crippen LogP contribution in [0.2, 0.25) is 0 Å². The fourth-order valence-electron chi connectivity index (χ4n) is 4.85. The summed E-state index contributed by atoms with van der Waals surface area (Å²) in [6.07, 6.45) is 2.53. The van der Waals surface area contributed by atoms with Crippen molar-refractivity contribution >= 4 is 11.9 Å². The Labute approximate surface area is 157 Å². The van der Waals surface area contributed by atoms with Crippen LogP contribution in [-0.2, 0) is 9.53 Å². The molecule has 3 aliphatic heterocycles. The highest BCUT2D eigenvalue weighted by atomic mass is 16.5. The number of ether oxygens (including phenoxy) is 1. The largest absolute Gasteiger partial charge is 0.378 e. The zero-order valence-electron chi connectivity index (χ0n) is 16.5. The van der Waals surface area contributed by atoms with Crippen molar-refractivity contribution in [3.63, 3.8) is 0 Å². The first-order valence-electron chi connectivity index (χ1n) is 10.1. The number of nitrogens with one attached hydrogen (secondary N) is 1. The average Bonchev–Trinajstić information content (AvgIpc) is 2.88. The summed E-state index contributed by atoms with van der Waals surface area (Å²) < 4.78 is 5.43. The van der Waals surface area contributed by atoms with Crippen molar-refractivity contribution in [3.05, 3.63) is 0 Å². The molecule has 0 aliphatic carbocycles. The van der Waals surface area contributed by atoms with Crippen molar-refractivity contribution in [2.24, 2.45) is 5.41 Å². The van der Waals surface area contributed by atoms with Gasteiger partial charge in [0.25, 0.3) is 0 Å². The predicted octanol–water partition coefficient (Wildman–Crippen LogP) is 1.14. The molecule has 7 nitrogen and oxygen atoms in total. The summed E-state index contributed by atoms with van der Waals surface area (Å²) in [6.45, 7) is 12.1. The van der Waals surface area contributed by atoms with Crippen LogP contribution in [0.3, 0.4) is 0 Å². The monoisotopic (exact) mass is 366 g/mol. The third-order valence-electron chi connectivity index (χ3n) is 6.25. The van der Waals surface area contributed by atoms with Crippen molar-refractivity contribution < 1.29 is 14.3 Å². The van der Waals surface area contributed by atoms with Crippen molar-refractivity contribution in [3.8, 4) is 0 Å². The van der Waals surface area contributed by atoms with Gasteiger partial charge in [0.15, 0.2) is 0 Å². The number of rotatable bonds is 3. The molecule has 26 heavy (non-hydrogen) atoms. The first-order valence-corrected chi connectivity index (χ1v) is 10.1. The molecule has 0 aromatic rings. The van der Waals surface area contributed by atoms with Crippen LogP contribution >= 0.6 is 0 Å². The van der Waals surface area contributed by atoms with Crippen LogP contribution in [0.4, 0.5) is 4.79 Å². The third kappa shape index (κ3) is 3.69. The molecular formula is C19H34N4O3. The standard InChI is InChI=1S/C19H34N4O3/c1-4-21-9-6-19(17(24)22-11-13-26-14-12-22)7-10-23(8-5-16(19)21)18(25)20-15(2)3/h15-16H,4-14H2,1-3H3,(H,20,25)/t16-,19-/m0/s1. The van der Waals surface area contributed by atoms with Crippen molar-refractivity contribution in [1.82, 2.24) is 20.0 Å². The van der Waals surface area contributed by atoms with E-state index in [4.69, 9.17) is 4.74 Å². The Hall–Kier alpha value is -1.34. The Morgan fingerprint density at radius 3 is 2.42 bits per heavy atom. The Morgan fingerprint density at radius 2 is 1.77 bits per heavy atom. The summed E-state index contributed by atoms with van der Waals surface area (Å²) in [5.74, 6) is 0.285. The van der Waals surface area contributed by atoms with Crippen LogP contribution in [0.15, 0.2) is 0 Å². The SMILES string of the molecule is CCN1CC[C@]2(C(=O)N3CCOCC3)CCN(C(=O)NC(C)C)CC[C@H]12. The quantitative estimate of drug-likeness (QED) is 0.814. The Kier molecular flexibility index (Phi) is 6.07. The second-order valence-electron chi connectivity index (χ2n) is 8.09. The Morgan fingerprint density at radius 1 is 1.08 bits per heavy atom. The number of morpholine rings is 1. The van der Waals surface area contributed by atoms with Crippen molar-refractivity contribution in [2.75, 3.05) is 52.5 Å². The third-order valence-corrected chi connectivity index (χ3v) is 6.25. The number of fused-ring (bicyclic) bond motifs is 1. The molecule has 3 saturated heterocycles. The predicted molar refractivity (Wildman–Crippen MR) is 100.0 cm³/mol. The minimum absolute atomic E-state index is 0.00278. The van der Waals surface area contributed by atoms with Crippen LogP contribution in [0.1, 0.15) is 40.0 Å². The van der Waals surface area contributed by atoms with Crippen LogP contribution in [-0.4, -0.2) is 91.2 Å². The molecule has 0 spiro atoms. The second kappa shape index (κ2) is 8.13. The molecule has 1 N–H and O–H groups in total. The van der Waals surface area contributed by atoms with E-state index in [1.165, 1.54) is 0 Å². The van der Waals surface area contributed by atoms with Gasteiger partial charge in [0.1, 0.15) is 0 Å². The molecule has 0 bridgehead atoms. The van der Waals surface area contributed by atoms with E-state index in [1.54, 1.807) is 0 Å². The van der Waals surface area contributed by atoms with Gasteiger partial charge in [-0.15, -0.1) is 0 Å². The molecule has 7 heteroatoms. The molecule has 0 radical (unpaired) electrons. The lowest BCUT2D eigenvalue weighted by molar-refractivity contribution is -0.148. The lowest BCUT2D eigenvalue weighted by Crippen LogP contribution is -2.53. The van der Waals surface area contributed by atoms with E-state index >= 15 is 0 Å². The smallest absolute Gasteiger partial charge is 0.317 e. The Balaban J connectivity index is 1.79. The number of nitrogens with zero attached hydrogens (tertiary/aromatic N) is 3. The summed E-state index contributed by atoms with van der Waals surface area (Å²) in [5, 5.41) is 3.00. The summed E-state index contributed by atoms with van der Waals surface area (Å²) >= 11 is 0.